The van der Waals surface area contributed by atoms with Gasteiger partial charge in [0.2, 0.25) is 0 Å². The van der Waals surface area contributed by atoms with Crippen LogP contribution in [-0.4, -0.2) is 11.1 Å². The van der Waals surface area contributed by atoms with Gasteiger partial charge in [-0.05, 0) is 94.6 Å². The molecule has 2 nitrogen and oxygen atoms in total. The third-order valence-electron chi connectivity index (χ3n) is 10.4. The van der Waals surface area contributed by atoms with Crippen LogP contribution in [0.4, 0.5) is 11.4 Å². The van der Waals surface area contributed by atoms with Crippen molar-refractivity contribution in [3.05, 3.63) is 194 Å². The fourth-order valence-electron chi connectivity index (χ4n) is 7.80. The quantitative estimate of drug-likeness (QED) is 0.179. The SMILES string of the molecule is C=C1/C=C\C=C/CN(c2ccccc2)c2ccc(-c3ccc4c(c3)c3ccccc3n4-c3ccc(-c4ccc5c(c4)sc4ccccc45)cc3)cc21. The summed E-state index contributed by atoms with van der Waals surface area (Å²) < 4.78 is 5.06. The number of allylic oxidation sites excluding steroid dienone is 4. The van der Waals surface area contributed by atoms with E-state index in [0.717, 1.165) is 34.7 Å². The summed E-state index contributed by atoms with van der Waals surface area (Å²) in [6.07, 6.45) is 8.50. The van der Waals surface area contributed by atoms with Gasteiger partial charge in [-0.15, -0.1) is 11.3 Å². The topological polar surface area (TPSA) is 8.17 Å². The van der Waals surface area contributed by atoms with Gasteiger partial charge in [0.15, 0.2) is 0 Å². The Labute approximate surface area is 307 Å². The summed E-state index contributed by atoms with van der Waals surface area (Å²) in [6.45, 7) is 5.27. The molecule has 9 aromatic rings. The lowest BCUT2D eigenvalue weighted by molar-refractivity contribution is 1.09. The number of fused-ring (bicyclic) bond motifs is 7. The van der Waals surface area contributed by atoms with Gasteiger partial charge in [-0.2, -0.15) is 0 Å². The van der Waals surface area contributed by atoms with Crippen molar-refractivity contribution in [3.8, 4) is 27.9 Å². The van der Waals surface area contributed by atoms with E-state index >= 15 is 0 Å². The Bertz CT molecular complexity index is 2890. The summed E-state index contributed by atoms with van der Waals surface area (Å²) in [5.41, 5.74) is 12.8. The van der Waals surface area contributed by atoms with Crippen molar-refractivity contribution in [2.24, 2.45) is 0 Å². The minimum absolute atomic E-state index is 0.779. The van der Waals surface area contributed by atoms with Crippen LogP contribution in [0.3, 0.4) is 0 Å². The largest absolute Gasteiger partial charge is 0.337 e. The second kappa shape index (κ2) is 12.4. The summed E-state index contributed by atoms with van der Waals surface area (Å²) in [7, 11) is 0. The lowest BCUT2D eigenvalue weighted by Gasteiger charge is -2.27. The molecule has 3 heteroatoms. The molecule has 7 aromatic carbocycles. The molecule has 1 aliphatic heterocycles. The number of aromatic nitrogens is 1. The van der Waals surface area contributed by atoms with Crippen LogP contribution in [0.25, 0.3) is 75.5 Å². The van der Waals surface area contributed by atoms with Gasteiger partial charge in [-0.1, -0.05) is 122 Å². The molecular weight excluding hydrogens is 649 g/mol. The molecule has 0 spiro atoms. The van der Waals surface area contributed by atoms with E-state index in [1.54, 1.807) is 0 Å². The fraction of sp³-hybridized carbons (Fsp3) is 0.0204. The monoisotopic (exact) mass is 682 g/mol. The molecule has 1 aliphatic rings. The highest BCUT2D eigenvalue weighted by Crippen LogP contribution is 2.40. The molecule has 246 valence electrons. The zero-order chi connectivity index (χ0) is 34.6. The minimum atomic E-state index is 0.779. The fourth-order valence-corrected chi connectivity index (χ4v) is 8.95. The number of hydrogen-bond donors (Lipinski definition) is 0. The van der Waals surface area contributed by atoms with Crippen LogP contribution in [-0.2, 0) is 0 Å². The molecule has 0 fully saturated rings. The molecule has 2 aromatic heterocycles. The van der Waals surface area contributed by atoms with Crippen molar-refractivity contribution in [3.63, 3.8) is 0 Å². The number of rotatable bonds is 4. The molecule has 0 atom stereocenters. The van der Waals surface area contributed by atoms with Crippen molar-refractivity contribution in [2.75, 3.05) is 11.4 Å². The van der Waals surface area contributed by atoms with E-state index < -0.39 is 0 Å². The third kappa shape index (κ3) is 5.09. The van der Waals surface area contributed by atoms with Crippen LogP contribution in [0, 0.1) is 0 Å². The molecule has 0 radical (unpaired) electrons. The zero-order valence-corrected chi connectivity index (χ0v) is 29.4. The first-order valence-corrected chi connectivity index (χ1v) is 18.6. The second-order valence-electron chi connectivity index (χ2n) is 13.4. The second-order valence-corrected chi connectivity index (χ2v) is 14.5. The molecule has 0 unspecified atom stereocenters. The maximum atomic E-state index is 4.49. The first-order valence-electron chi connectivity index (χ1n) is 17.7. The summed E-state index contributed by atoms with van der Waals surface area (Å²) in [5, 5.41) is 5.15. The number of thiophene rings is 1. The van der Waals surface area contributed by atoms with Gasteiger partial charge in [0, 0.05) is 60.1 Å². The average molecular weight is 683 g/mol. The standard InChI is InChI=1S/C49H34N2S/c1-33-12-4-3-11-29-50(38-13-5-2-6-14-38)45-27-22-35(30-43(33)45)36-23-28-47-44(31-36)40-15-7-9-17-46(40)51(47)39-24-19-34(20-25-39)37-21-26-42-41-16-8-10-18-48(41)52-49(42)32-37/h2-28,30-32H,1,29H2/b11-3-,12-4-. The first kappa shape index (κ1) is 30.4. The van der Waals surface area contributed by atoms with E-state index in [9.17, 15) is 0 Å². The summed E-state index contributed by atoms with van der Waals surface area (Å²) in [5.74, 6) is 0. The van der Waals surface area contributed by atoms with Gasteiger partial charge in [0.25, 0.3) is 0 Å². The zero-order valence-electron chi connectivity index (χ0n) is 28.5. The molecule has 0 bridgehead atoms. The van der Waals surface area contributed by atoms with Crippen LogP contribution < -0.4 is 4.90 Å². The Morgan fingerprint density at radius 2 is 1.15 bits per heavy atom. The van der Waals surface area contributed by atoms with Gasteiger partial charge in [0.05, 0.1) is 11.0 Å². The number of para-hydroxylation sites is 2. The summed E-state index contributed by atoms with van der Waals surface area (Å²) in [4.78, 5) is 2.36. The normalized spacial score (nSPS) is 14.4. The summed E-state index contributed by atoms with van der Waals surface area (Å²) in [6, 6.07) is 57.6. The van der Waals surface area contributed by atoms with Crippen LogP contribution in [0.2, 0.25) is 0 Å². The lowest BCUT2D eigenvalue weighted by atomic mass is 9.96. The van der Waals surface area contributed by atoms with Crippen LogP contribution in [0.1, 0.15) is 5.56 Å². The highest BCUT2D eigenvalue weighted by atomic mass is 32.1. The van der Waals surface area contributed by atoms with Gasteiger partial charge in [0.1, 0.15) is 0 Å². The highest BCUT2D eigenvalue weighted by molar-refractivity contribution is 7.25. The number of nitrogens with zero attached hydrogens (tertiary/aromatic N) is 2. The molecule has 0 aliphatic carbocycles. The number of benzene rings is 7. The minimum Gasteiger partial charge on any atom is -0.337 e. The molecule has 0 saturated heterocycles. The smallest absolute Gasteiger partial charge is 0.0541 e. The Hall–Kier alpha value is -6.42. The molecule has 10 rings (SSSR count). The Morgan fingerprint density at radius 1 is 0.481 bits per heavy atom. The maximum absolute atomic E-state index is 4.49. The highest BCUT2D eigenvalue weighted by Gasteiger charge is 2.18. The van der Waals surface area contributed by atoms with E-state index in [0.29, 0.717) is 0 Å². The first-order chi connectivity index (χ1) is 25.7. The predicted octanol–water partition coefficient (Wildman–Crippen LogP) is 13.8. The van der Waals surface area contributed by atoms with Crippen molar-refractivity contribution >= 4 is 70.3 Å². The van der Waals surface area contributed by atoms with E-state index in [-0.39, 0.29) is 0 Å². The van der Waals surface area contributed by atoms with E-state index in [4.69, 9.17) is 0 Å². The van der Waals surface area contributed by atoms with Crippen molar-refractivity contribution in [1.82, 2.24) is 4.57 Å². The third-order valence-corrected chi connectivity index (χ3v) is 11.5. The Kier molecular flexibility index (Phi) is 7.26. The molecule has 52 heavy (non-hydrogen) atoms. The van der Waals surface area contributed by atoms with Crippen molar-refractivity contribution < 1.29 is 0 Å². The maximum Gasteiger partial charge on any atom is 0.0541 e. The van der Waals surface area contributed by atoms with Gasteiger partial charge in [-0.3, -0.25) is 0 Å². The molecule has 0 saturated carbocycles. The Morgan fingerprint density at radius 3 is 2.04 bits per heavy atom. The molecule has 3 heterocycles. The number of anilines is 2. The molecule has 0 N–H and O–H groups in total. The van der Waals surface area contributed by atoms with E-state index in [1.165, 1.54) is 64.2 Å². The number of hydrogen-bond acceptors (Lipinski definition) is 2. The van der Waals surface area contributed by atoms with Crippen molar-refractivity contribution in [2.45, 2.75) is 0 Å². The average Bonchev–Trinajstić information content (AvgIpc) is 3.76. The molecule has 0 amide bonds. The Balaban J connectivity index is 1.04. The van der Waals surface area contributed by atoms with E-state index in [2.05, 4.69) is 198 Å². The van der Waals surface area contributed by atoms with Gasteiger partial charge in [-0.25, -0.2) is 0 Å². The lowest BCUT2D eigenvalue weighted by Crippen LogP contribution is -2.18. The van der Waals surface area contributed by atoms with Crippen LogP contribution >= 0.6 is 11.3 Å². The predicted molar refractivity (Wildman–Crippen MR) is 225 cm³/mol. The van der Waals surface area contributed by atoms with Crippen LogP contribution in [0.15, 0.2) is 189 Å². The van der Waals surface area contributed by atoms with Gasteiger partial charge < -0.3 is 9.47 Å². The van der Waals surface area contributed by atoms with Crippen molar-refractivity contribution in [1.29, 1.82) is 0 Å². The van der Waals surface area contributed by atoms with E-state index in [1.807, 2.05) is 11.3 Å². The molecular formula is C49H34N2S. The van der Waals surface area contributed by atoms with Crippen LogP contribution in [0.5, 0.6) is 0 Å². The summed E-state index contributed by atoms with van der Waals surface area (Å²) >= 11 is 1.87. The van der Waals surface area contributed by atoms with Gasteiger partial charge >= 0.3 is 0 Å².